The number of nitrogens with one attached hydrogen (secondary N) is 1. The number of halogens is 1. The second-order valence-corrected chi connectivity index (χ2v) is 6.78. The maximum Gasteiger partial charge on any atom is 0.0738 e. The van der Waals surface area contributed by atoms with Gasteiger partial charge < -0.3 is 5.32 Å². The summed E-state index contributed by atoms with van der Waals surface area (Å²) in [6, 6.07) is 0. The van der Waals surface area contributed by atoms with E-state index in [0.717, 1.165) is 25.2 Å². The molecule has 3 nitrogen and oxygen atoms in total. The third-order valence-corrected chi connectivity index (χ3v) is 5.50. The quantitative estimate of drug-likeness (QED) is 0.895. The van der Waals surface area contributed by atoms with Crippen LogP contribution in [0.3, 0.4) is 0 Å². The van der Waals surface area contributed by atoms with Gasteiger partial charge in [-0.2, -0.15) is 5.10 Å². The van der Waals surface area contributed by atoms with Gasteiger partial charge >= 0.3 is 0 Å². The highest BCUT2D eigenvalue weighted by Crippen LogP contribution is 2.40. The molecule has 1 saturated carbocycles. The zero-order chi connectivity index (χ0) is 13.9. The molecule has 1 aliphatic rings. The molecule has 0 unspecified atom stereocenters. The molecule has 2 rings (SSSR count). The van der Waals surface area contributed by atoms with Crippen molar-refractivity contribution in [3.8, 4) is 0 Å². The Morgan fingerprint density at radius 2 is 2.00 bits per heavy atom. The summed E-state index contributed by atoms with van der Waals surface area (Å²) in [7, 11) is 2.07. The average Bonchev–Trinajstić information content (AvgIpc) is 2.64. The van der Waals surface area contributed by atoms with Crippen LogP contribution in [0.4, 0.5) is 0 Å². The third kappa shape index (κ3) is 3.40. The Labute approximate surface area is 125 Å². The zero-order valence-corrected chi connectivity index (χ0v) is 14.0. The summed E-state index contributed by atoms with van der Waals surface area (Å²) in [5.41, 5.74) is 2.89. The lowest BCUT2D eigenvalue weighted by Gasteiger charge is -2.37. The van der Waals surface area contributed by atoms with Crippen LogP contribution in [0, 0.1) is 12.3 Å². The topological polar surface area (TPSA) is 29.9 Å². The Hall–Kier alpha value is -0.350. The first kappa shape index (κ1) is 15.0. The number of hydrogen-bond acceptors (Lipinski definition) is 2. The van der Waals surface area contributed by atoms with E-state index in [1.165, 1.54) is 42.3 Å². The van der Waals surface area contributed by atoms with E-state index in [9.17, 15) is 0 Å². The smallest absolute Gasteiger partial charge is 0.0738 e. The Balaban J connectivity index is 2.19. The molecule has 0 aliphatic heterocycles. The Morgan fingerprint density at radius 3 is 2.53 bits per heavy atom. The lowest BCUT2D eigenvalue weighted by Crippen LogP contribution is -2.38. The molecule has 0 radical (unpaired) electrons. The van der Waals surface area contributed by atoms with Crippen molar-refractivity contribution in [1.82, 2.24) is 15.1 Å². The number of aromatic nitrogens is 2. The minimum absolute atomic E-state index is 0.428. The molecule has 1 aromatic rings. The predicted molar refractivity (Wildman–Crippen MR) is 83.4 cm³/mol. The van der Waals surface area contributed by atoms with Crippen LogP contribution in [0.15, 0.2) is 4.47 Å². The summed E-state index contributed by atoms with van der Waals surface area (Å²) in [4.78, 5) is 0. The van der Waals surface area contributed by atoms with Crippen molar-refractivity contribution in [2.24, 2.45) is 12.5 Å². The fourth-order valence-electron chi connectivity index (χ4n) is 3.34. The zero-order valence-electron chi connectivity index (χ0n) is 12.4. The minimum atomic E-state index is 0.428. The number of hydrogen-bond donors (Lipinski definition) is 1. The van der Waals surface area contributed by atoms with Crippen LogP contribution in [0.2, 0.25) is 0 Å². The van der Waals surface area contributed by atoms with Crippen LogP contribution < -0.4 is 5.32 Å². The predicted octanol–water partition coefficient (Wildman–Crippen LogP) is 3.59. The molecule has 1 heterocycles. The molecule has 1 aromatic heterocycles. The van der Waals surface area contributed by atoms with Gasteiger partial charge in [0.2, 0.25) is 0 Å². The molecule has 1 N–H and O–H groups in total. The Morgan fingerprint density at radius 1 is 1.32 bits per heavy atom. The van der Waals surface area contributed by atoms with Gasteiger partial charge in [-0.3, -0.25) is 4.68 Å². The lowest BCUT2D eigenvalue weighted by molar-refractivity contribution is 0.178. The van der Waals surface area contributed by atoms with Crippen molar-refractivity contribution in [1.29, 1.82) is 0 Å². The van der Waals surface area contributed by atoms with E-state index in [1.807, 2.05) is 0 Å². The van der Waals surface area contributed by atoms with Crippen molar-refractivity contribution >= 4 is 15.9 Å². The highest BCUT2D eigenvalue weighted by Gasteiger charge is 2.33. The van der Waals surface area contributed by atoms with Crippen LogP contribution in [0.5, 0.6) is 0 Å². The number of nitrogens with zero attached hydrogens (tertiary/aromatic N) is 2. The molecule has 0 saturated heterocycles. The Kier molecular flexibility index (Phi) is 5.07. The molecule has 0 aromatic carbocycles. The summed E-state index contributed by atoms with van der Waals surface area (Å²) in [5.74, 6) is 0. The molecule has 1 aliphatic carbocycles. The molecule has 108 valence electrons. The van der Waals surface area contributed by atoms with E-state index >= 15 is 0 Å². The first-order chi connectivity index (χ1) is 9.08. The van der Waals surface area contributed by atoms with Gasteiger partial charge in [0.1, 0.15) is 0 Å². The van der Waals surface area contributed by atoms with E-state index in [2.05, 4.69) is 51.9 Å². The van der Waals surface area contributed by atoms with Gasteiger partial charge in [-0.05, 0) is 54.1 Å². The van der Waals surface area contributed by atoms with Gasteiger partial charge in [-0.1, -0.05) is 26.2 Å². The minimum Gasteiger partial charge on any atom is -0.316 e. The van der Waals surface area contributed by atoms with Crippen LogP contribution in [-0.2, 0) is 13.5 Å². The van der Waals surface area contributed by atoms with Gasteiger partial charge in [0.25, 0.3) is 0 Å². The van der Waals surface area contributed by atoms with Crippen LogP contribution in [0.25, 0.3) is 0 Å². The van der Waals surface area contributed by atoms with E-state index in [4.69, 9.17) is 0 Å². The molecule has 1 fully saturated rings. The summed E-state index contributed by atoms with van der Waals surface area (Å²) >= 11 is 3.72. The van der Waals surface area contributed by atoms with E-state index in [1.54, 1.807) is 0 Å². The third-order valence-electron chi connectivity index (χ3n) is 4.47. The SMILES string of the molecule is CCNCC1(Cc2c(Br)c(C)nn2C)CCCCC1. The van der Waals surface area contributed by atoms with Crippen molar-refractivity contribution in [2.75, 3.05) is 13.1 Å². The molecule has 0 spiro atoms. The fourth-order valence-corrected chi connectivity index (χ4v) is 3.81. The van der Waals surface area contributed by atoms with Crippen molar-refractivity contribution in [3.05, 3.63) is 15.9 Å². The average molecular weight is 328 g/mol. The molecule has 0 atom stereocenters. The summed E-state index contributed by atoms with van der Waals surface area (Å²) in [6.45, 7) is 6.47. The van der Waals surface area contributed by atoms with E-state index in [-0.39, 0.29) is 0 Å². The molecular weight excluding hydrogens is 302 g/mol. The van der Waals surface area contributed by atoms with Gasteiger partial charge in [0, 0.05) is 13.6 Å². The van der Waals surface area contributed by atoms with E-state index in [0.29, 0.717) is 5.41 Å². The van der Waals surface area contributed by atoms with Crippen molar-refractivity contribution in [3.63, 3.8) is 0 Å². The largest absolute Gasteiger partial charge is 0.316 e. The maximum absolute atomic E-state index is 4.54. The van der Waals surface area contributed by atoms with Crippen molar-refractivity contribution in [2.45, 2.75) is 52.4 Å². The lowest BCUT2D eigenvalue weighted by atomic mass is 9.71. The second-order valence-electron chi connectivity index (χ2n) is 5.99. The first-order valence-electron chi connectivity index (χ1n) is 7.47. The molecule has 0 bridgehead atoms. The monoisotopic (exact) mass is 327 g/mol. The maximum atomic E-state index is 4.54. The first-order valence-corrected chi connectivity index (χ1v) is 8.26. The Bertz CT molecular complexity index is 419. The number of rotatable bonds is 5. The van der Waals surface area contributed by atoms with Crippen molar-refractivity contribution < 1.29 is 0 Å². The van der Waals surface area contributed by atoms with Crippen LogP contribution in [0.1, 0.15) is 50.4 Å². The fraction of sp³-hybridized carbons (Fsp3) is 0.800. The standard InChI is InChI=1S/C15H26BrN3/c1-4-17-11-15(8-6-5-7-9-15)10-13-14(16)12(2)18-19(13)3/h17H,4-11H2,1-3H3. The molecule has 0 amide bonds. The summed E-state index contributed by atoms with van der Waals surface area (Å²) < 4.78 is 3.26. The van der Waals surface area contributed by atoms with Gasteiger partial charge in [-0.15, -0.1) is 0 Å². The van der Waals surface area contributed by atoms with Gasteiger partial charge in [0.15, 0.2) is 0 Å². The summed E-state index contributed by atoms with van der Waals surface area (Å²) in [5, 5.41) is 8.12. The van der Waals surface area contributed by atoms with Crippen LogP contribution >= 0.6 is 15.9 Å². The molecule has 19 heavy (non-hydrogen) atoms. The highest BCUT2D eigenvalue weighted by atomic mass is 79.9. The normalized spacial score (nSPS) is 18.7. The van der Waals surface area contributed by atoms with E-state index < -0.39 is 0 Å². The second kappa shape index (κ2) is 6.40. The van der Waals surface area contributed by atoms with Crippen LogP contribution in [-0.4, -0.2) is 22.9 Å². The van der Waals surface area contributed by atoms with Gasteiger partial charge in [0.05, 0.1) is 15.9 Å². The van der Waals surface area contributed by atoms with Gasteiger partial charge in [-0.25, -0.2) is 0 Å². The number of aryl methyl sites for hydroxylation is 2. The summed E-state index contributed by atoms with van der Waals surface area (Å²) in [6.07, 6.45) is 7.98. The molecular formula is C15H26BrN3. The molecule has 4 heteroatoms. The highest BCUT2D eigenvalue weighted by molar-refractivity contribution is 9.10.